The molecule has 2 rings (SSSR count). The van der Waals surface area contributed by atoms with Crippen LogP contribution < -0.4 is 10.6 Å². The maximum atomic E-state index is 13.1. The zero-order chi connectivity index (χ0) is 18.2. The molecule has 2 aromatic carbocycles. The van der Waals surface area contributed by atoms with Gasteiger partial charge in [0.2, 0.25) is 0 Å². The van der Waals surface area contributed by atoms with Crippen LogP contribution in [0.4, 0.5) is 4.39 Å². The van der Waals surface area contributed by atoms with Gasteiger partial charge in [-0.05, 0) is 36.2 Å². The van der Waals surface area contributed by atoms with Crippen molar-refractivity contribution in [3.05, 3.63) is 70.5 Å². The fourth-order valence-corrected chi connectivity index (χ4v) is 3.04. The molecule has 0 bridgehead atoms. The van der Waals surface area contributed by atoms with Gasteiger partial charge < -0.3 is 10.6 Å². The average molecular weight is 364 g/mol. The van der Waals surface area contributed by atoms with Gasteiger partial charge in [0.05, 0.1) is 0 Å². The van der Waals surface area contributed by atoms with Gasteiger partial charge in [-0.3, -0.25) is 4.79 Å². The van der Waals surface area contributed by atoms with Crippen LogP contribution in [0.5, 0.6) is 0 Å². The fraction of sp³-hybridized carbons (Fsp3) is 0.350. The van der Waals surface area contributed by atoms with E-state index in [9.17, 15) is 9.18 Å². The molecule has 0 fully saturated rings. The summed E-state index contributed by atoms with van der Waals surface area (Å²) in [5.74, 6) is 0.0875. The molecule has 3 N–H and O–H groups in total. The van der Waals surface area contributed by atoms with Crippen molar-refractivity contribution in [3.8, 4) is 0 Å². The summed E-state index contributed by atoms with van der Waals surface area (Å²) in [6.07, 6.45) is 0.748. The van der Waals surface area contributed by atoms with Gasteiger partial charge in [0.15, 0.2) is 6.54 Å². The van der Waals surface area contributed by atoms with Crippen LogP contribution in [0.3, 0.4) is 0 Å². The van der Waals surface area contributed by atoms with E-state index in [4.69, 9.17) is 11.6 Å². The molecule has 0 saturated carbocycles. The second-order valence-electron chi connectivity index (χ2n) is 6.49. The smallest absolute Gasteiger partial charge is 0.275 e. The van der Waals surface area contributed by atoms with E-state index in [2.05, 4.69) is 19.2 Å². The number of nitrogens with one attached hydrogen (secondary N) is 1. The number of amides is 1. The number of halogens is 2. The highest BCUT2D eigenvalue weighted by Gasteiger charge is 2.20. The summed E-state index contributed by atoms with van der Waals surface area (Å²) in [5.41, 5.74) is 2.13. The molecular formula is C20H25ClFN2O+. The monoisotopic (exact) mass is 363 g/mol. The number of rotatable bonds is 8. The van der Waals surface area contributed by atoms with Crippen LogP contribution in [0.25, 0.3) is 0 Å². The first-order valence-electron chi connectivity index (χ1n) is 8.55. The Morgan fingerprint density at radius 3 is 2.56 bits per heavy atom. The fourth-order valence-electron chi connectivity index (χ4n) is 2.82. The molecule has 0 saturated heterocycles. The minimum atomic E-state index is -0.245. The van der Waals surface area contributed by atoms with E-state index in [1.807, 2.05) is 29.6 Å². The summed E-state index contributed by atoms with van der Waals surface area (Å²) in [4.78, 5) is 12.1. The molecule has 0 heterocycles. The van der Waals surface area contributed by atoms with Crippen LogP contribution in [-0.4, -0.2) is 19.0 Å². The van der Waals surface area contributed by atoms with Crippen molar-refractivity contribution >= 4 is 17.5 Å². The molecule has 0 radical (unpaired) electrons. The molecule has 0 aliphatic heterocycles. The molecule has 2 aromatic rings. The van der Waals surface area contributed by atoms with Gasteiger partial charge in [-0.15, -0.1) is 0 Å². The molecule has 0 spiro atoms. The highest BCUT2D eigenvalue weighted by molar-refractivity contribution is 6.30. The Labute approximate surface area is 153 Å². The first kappa shape index (κ1) is 19.4. The molecule has 0 aliphatic rings. The summed E-state index contributed by atoms with van der Waals surface area (Å²) in [7, 11) is 0. The zero-order valence-electron chi connectivity index (χ0n) is 14.6. The Morgan fingerprint density at radius 2 is 1.92 bits per heavy atom. The van der Waals surface area contributed by atoms with Crippen LogP contribution in [-0.2, 0) is 11.2 Å². The van der Waals surface area contributed by atoms with Crippen LogP contribution in [0.1, 0.15) is 31.0 Å². The van der Waals surface area contributed by atoms with E-state index >= 15 is 0 Å². The molecule has 1 atom stereocenters. The minimum absolute atomic E-state index is 0.00482. The number of quaternary nitrogens is 1. The number of carbonyl (C=O) groups is 1. The molecule has 5 heteroatoms. The average Bonchev–Trinajstić information content (AvgIpc) is 2.56. The molecule has 3 nitrogen and oxygen atoms in total. The number of hydrogen-bond acceptors (Lipinski definition) is 1. The van der Waals surface area contributed by atoms with Gasteiger partial charge in [0.1, 0.15) is 11.9 Å². The lowest BCUT2D eigenvalue weighted by Crippen LogP contribution is -2.88. The first-order chi connectivity index (χ1) is 12.0. The summed E-state index contributed by atoms with van der Waals surface area (Å²) in [6, 6.07) is 14.3. The Balaban J connectivity index is 1.79. The highest BCUT2D eigenvalue weighted by atomic mass is 35.5. The highest BCUT2D eigenvalue weighted by Crippen LogP contribution is 2.17. The third-order valence-corrected chi connectivity index (χ3v) is 4.39. The van der Waals surface area contributed by atoms with Crippen LogP contribution >= 0.6 is 11.6 Å². The van der Waals surface area contributed by atoms with E-state index in [0.29, 0.717) is 24.0 Å². The molecule has 0 aromatic heterocycles. The van der Waals surface area contributed by atoms with Crippen molar-refractivity contribution < 1.29 is 14.5 Å². The van der Waals surface area contributed by atoms with Crippen LogP contribution in [0, 0.1) is 11.7 Å². The molecular weight excluding hydrogens is 339 g/mol. The van der Waals surface area contributed by atoms with Crippen LogP contribution in [0.15, 0.2) is 48.5 Å². The molecule has 25 heavy (non-hydrogen) atoms. The molecule has 0 unspecified atom stereocenters. The van der Waals surface area contributed by atoms with Gasteiger partial charge >= 0.3 is 0 Å². The first-order valence-corrected chi connectivity index (χ1v) is 8.93. The lowest BCUT2D eigenvalue weighted by Gasteiger charge is -2.19. The normalized spacial score (nSPS) is 12.2. The van der Waals surface area contributed by atoms with E-state index < -0.39 is 0 Å². The van der Waals surface area contributed by atoms with Gasteiger partial charge in [-0.1, -0.05) is 49.7 Å². The maximum Gasteiger partial charge on any atom is 0.275 e. The second-order valence-corrected chi connectivity index (χ2v) is 6.93. The lowest BCUT2D eigenvalue weighted by atomic mass is 9.96. The van der Waals surface area contributed by atoms with Crippen molar-refractivity contribution in [2.75, 3.05) is 13.1 Å². The van der Waals surface area contributed by atoms with E-state index in [1.165, 1.54) is 12.1 Å². The largest absolute Gasteiger partial charge is 0.351 e. The summed E-state index contributed by atoms with van der Waals surface area (Å²) in [6.45, 7) is 5.12. The standard InChI is InChI=1S/C20H24ClFN2O/c1-14(2)20(16-6-8-18(22)9-7-16)24-13-19(25)23-11-10-15-4-3-5-17(21)12-15/h3-9,12,14,20,24H,10-11,13H2,1-2H3,(H,23,25)/p+1/t20-/m1/s1. The Kier molecular flexibility index (Phi) is 7.41. The number of carbonyl (C=O) groups excluding carboxylic acids is 1. The summed E-state index contributed by atoms with van der Waals surface area (Å²) >= 11 is 5.95. The van der Waals surface area contributed by atoms with Crippen LogP contribution in [0.2, 0.25) is 5.02 Å². The summed E-state index contributed by atoms with van der Waals surface area (Å²) < 4.78 is 13.1. The number of hydrogen-bond donors (Lipinski definition) is 2. The van der Waals surface area contributed by atoms with Crippen molar-refractivity contribution in [3.63, 3.8) is 0 Å². The predicted octanol–water partition coefficient (Wildman–Crippen LogP) is 3.10. The Hall–Kier alpha value is -1.91. The maximum absolute atomic E-state index is 13.1. The van der Waals surface area contributed by atoms with Gasteiger partial charge in [-0.25, -0.2) is 4.39 Å². The van der Waals surface area contributed by atoms with E-state index in [1.54, 1.807) is 12.1 Å². The second kappa shape index (κ2) is 9.54. The van der Waals surface area contributed by atoms with Crippen molar-refractivity contribution in [2.45, 2.75) is 26.3 Å². The topological polar surface area (TPSA) is 45.7 Å². The van der Waals surface area contributed by atoms with E-state index in [-0.39, 0.29) is 17.8 Å². The lowest BCUT2D eigenvalue weighted by molar-refractivity contribution is -0.692. The van der Waals surface area contributed by atoms with Gasteiger partial charge in [0.25, 0.3) is 5.91 Å². The van der Waals surface area contributed by atoms with Gasteiger partial charge in [-0.2, -0.15) is 0 Å². The third-order valence-electron chi connectivity index (χ3n) is 4.16. The van der Waals surface area contributed by atoms with Crippen molar-refractivity contribution in [1.29, 1.82) is 0 Å². The number of nitrogens with two attached hydrogens (primary N) is 1. The Bertz CT molecular complexity index is 688. The van der Waals surface area contributed by atoms with Crippen molar-refractivity contribution in [2.24, 2.45) is 5.92 Å². The molecule has 1 amide bonds. The quantitative estimate of drug-likeness (QED) is 0.743. The van der Waals surface area contributed by atoms with Gasteiger partial charge in [0, 0.05) is 23.0 Å². The zero-order valence-corrected chi connectivity index (χ0v) is 15.4. The van der Waals surface area contributed by atoms with Crippen molar-refractivity contribution in [1.82, 2.24) is 5.32 Å². The molecule has 134 valence electrons. The minimum Gasteiger partial charge on any atom is -0.351 e. The molecule has 0 aliphatic carbocycles. The summed E-state index contributed by atoms with van der Waals surface area (Å²) in [5, 5.41) is 5.64. The SMILES string of the molecule is CC(C)[C@@H]([NH2+]CC(=O)NCCc1cccc(Cl)c1)c1ccc(F)cc1. The third kappa shape index (κ3) is 6.48. The Morgan fingerprint density at radius 1 is 1.20 bits per heavy atom. The number of benzene rings is 2. The van der Waals surface area contributed by atoms with E-state index in [0.717, 1.165) is 17.5 Å². The predicted molar refractivity (Wildman–Crippen MR) is 98.9 cm³/mol.